The topological polar surface area (TPSA) is 47.9 Å². The Labute approximate surface area is 109 Å². The SMILES string of the molecule is CCOC(=O)C(=NOC)c1ccc(Br)cc1C. The number of hydrogen-bond acceptors (Lipinski definition) is 4. The van der Waals surface area contributed by atoms with Crippen molar-refractivity contribution in [1.82, 2.24) is 0 Å². The van der Waals surface area contributed by atoms with Crippen molar-refractivity contribution >= 4 is 27.6 Å². The van der Waals surface area contributed by atoms with Gasteiger partial charge in [-0.15, -0.1) is 0 Å². The Morgan fingerprint density at radius 1 is 1.47 bits per heavy atom. The van der Waals surface area contributed by atoms with Crippen molar-refractivity contribution in [2.45, 2.75) is 13.8 Å². The minimum absolute atomic E-state index is 0.180. The van der Waals surface area contributed by atoms with Crippen LogP contribution in [0.3, 0.4) is 0 Å². The summed E-state index contributed by atoms with van der Waals surface area (Å²) in [7, 11) is 1.40. The molecule has 0 saturated heterocycles. The number of hydrogen-bond donors (Lipinski definition) is 0. The molecule has 0 aliphatic heterocycles. The molecular formula is C12H14BrNO3. The van der Waals surface area contributed by atoms with Gasteiger partial charge in [-0.25, -0.2) is 4.79 Å². The lowest BCUT2D eigenvalue weighted by molar-refractivity contribution is -0.135. The second kappa shape index (κ2) is 6.39. The van der Waals surface area contributed by atoms with E-state index in [1.807, 2.05) is 19.1 Å². The van der Waals surface area contributed by atoms with Crippen LogP contribution in [-0.2, 0) is 14.4 Å². The van der Waals surface area contributed by atoms with E-state index in [2.05, 4.69) is 25.9 Å². The van der Waals surface area contributed by atoms with Gasteiger partial charge in [0.25, 0.3) is 0 Å². The summed E-state index contributed by atoms with van der Waals surface area (Å²) >= 11 is 3.36. The summed E-state index contributed by atoms with van der Waals surface area (Å²) in [5.74, 6) is -0.486. The third-order valence-electron chi connectivity index (χ3n) is 2.09. The molecule has 0 aliphatic rings. The molecule has 17 heavy (non-hydrogen) atoms. The van der Waals surface area contributed by atoms with E-state index in [-0.39, 0.29) is 5.71 Å². The fraction of sp³-hybridized carbons (Fsp3) is 0.333. The van der Waals surface area contributed by atoms with Gasteiger partial charge in [0.2, 0.25) is 0 Å². The summed E-state index contributed by atoms with van der Waals surface area (Å²) in [6, 6.07) is 5.54. The van der Waals surface area contributed by atoms with Crippen molar-refractivity contribution in [2.24, 2.45) is 5.16 Å². The zero-order chi connectivity index (χ0) is 12.8. The van der Waals surface area contributed by atoms with Crippen LogP contribution in [0, 0.1) is 6.92 Å². The molecule has 92 valence electrons. The quantitative estimate of drug-likeness (QED) is 0.488. The average Bonchev–Trinajstić information content (AvgIpc) is 2.27. The van der Waals surface area contributed by atoms with E-state index >= 15 is 0 Å². The maximum absolute atomic E-state index is 11.7. The van der Waals surface area contributed by atoms with Crippen LogP contribution in [0.15, 0.2) is 27.8 Å². The normalized spacial score (nSPS) is 11.2. The summed E-state index contributed by atoms with van der Waals surface area (Å²) in [6.07, 6.45) is 0. The fourth-order valence-corrected chi connectivity index (χ4v) is 1.86. The zero-order valence-electron chi connectivity index (χ0n) is 9.99. The lowest BCUT2D eigenvalue weighted by Gasteiger charge is -2.08. The summed E-state index contributed by atoms with van der Waals surface area (Å²) in [6.45, 7) is 3.94. The number of carbonyl (C=O) groups excluding carboxylic acids is 1. The lowest BCUT2D eigenvalue weighted by Crippen LogP contribution is -2.20. The van der Waals surface area contributed by atoms with Crippen LogP contribution in [-0.4, -0.2) is 25.4 Å². The molecule has 0 bridgehead atoms. The second-order valence-electron chi connectivity index (χ2n) is 3.30. The van der Waals surface area contributed by atoms with E-state index in [1.54, 1.807) is 13.0 Å². The van der Waals surface area contributed by atoms with Crippen molar-refractivity contribution in [3.63, 3.8) is 0 Å². The standard InChI is InChI=1S/C12H14BrNO3/c1-4-17-12(15)11(14-16-3)10-6-5-9(13)7-8(10)2/h5-7H,4H2,1-3H3. The van der Waals surface area contributed by atoms with E-state index < -0.39 is 5.97 Å². The van der Waals surface area contributed by atoms with Gasteiger partial charge >= 0.3 is 5.97 Å². The van der Waals surface area contributed by atoms with Gasteiger partial charge in [-0.05, 0) is 31.5 Å². The number of nitrogens with zero attached hydrogens (tertiary/aromatic N) is 1. The molecule has 0 amide bonds. The Morgan fingerprint density at radius 2 is 2.18 bits per heavy atom. The zero-order valence-corrected chi connectivity index (χ0v) is 11.6. The molecular weight excluding hydrogens is 286 g/mol. The Kier molecular flexibility index (Phi) is 5.15. The Morgan fingerprint density at radius 3 is 2.71 bits per heavy atom. The van der Waals surface area contributed by atoms with Crippen LogP contribution in [0.5, 0.6) is 0 Å². The molecule has 0 radical (unpaired) electrons. The number of carbonyl (C=O) groups is 1. The summed E-state index contributed by atoms with van der Waals surface area (Å²) in [5.41, 5.74) is 1.80. The minimum Gasteiger partial charge on any atom is -0.461 e. The third-order valence-corrected chi connectivity index (χ3v) is 2.59. The van der Waals surface area contributed by atoms with Gasteiger partial charge < -0.3 is 9.57 Å². The molecule has 0 atom stereocenters. The molecule has 0 saturated carbocycles. The summed E-state index contributed by atoms with van der Waals surface area (Å²) < 4.78 is 5.88. The van der Waals surface area contributed by atoms with Gasteiger partial charge in [0.1, 0.15) is 7.11 Å². The fourth-order valence-electron chi connectivity index (χ4n) is 1.38. The van der Waals surface area contributed by atoms with Crippen molar-refractivity contribution in [3.05, 3.63) is 33.8 Å². The van der Waals surface area contributed by atoms with Crippen molar-refractivity contribution in [3.8, 4) is 0 Å². The van der Waals surface area contributed by atoms with Crippen molar-refractivity contribution in [2.75, 3.05) is 13.7 Å². The monoisotopic (exact) mass is 299 g/mol. The van der Waals surface area contributed by atoms with Crippen LogP contribution in [0.1, 0.15) is 18.1 Å². The number of rotatable bonds is 4. The number of ether oxygens (including phenoxy) is 1. The third kappa shape index (κ3) is 3.56. The Balaban J connectivity index is 3.15. The maximum Gasteiger partial charge on any atom is 0.361 e. The number of aryl methyl sites for hydroxylation is 1. The van der Waals surface area contributed by atoms with E-state index in [1.165, 1.54) is 7.11 Å². The highest BCUT2D eigenvalue weighted by Crippen LogP contribution is 2.17. The minimum atomic E-state index is -0.486. The van der Waals surface area contributed by atoms with Crippen LogP contribution in [0.25, 0.3) is 0 Å². The Bertz CT molecular complexity index is 443. The molecule has 1 aromatic carbocycles. The van der Waals surface area contributed by atoms with Gasteiger partial charge in [-0.2, -0.15) is 0 Å². The lowest BCUT2D eigenvalue weighted by atomic mass is 10.0. The molecule has 0 fully saturated rings. The van der Waals surface area contributed by atoms with Crippen LogP contribution in [0.2, 0.25) is 0 Å². The largest absolute Gasteiger partial charge is 0.461 e. The molecule has 0 aromatic heterocycles. The molecule has 0 unspecified atom stereocenters. The first-order chi connectivity index (χ1) is 8.10. The van der Waals surface area contributed by atoms with E-state index in [0.717, 1.165) is 10.0 Å². The van der Waals surface area contributed by atoms with Crippen molar-refractivity contribution in [1.29, 1.82) is 0 Å². The van der Waals surface area contributed by atoms with Crippen LogP contribution >= 0.6 is 15.9 Å². The smallest absolute Gasteiger partial charge is 0.361 e. The number of esters is 1. The van der Waals surface area contributed by atoms with Gasteiger partial charge in [0.15, 0.2) is 5.71 Å². The molecule has 0 N–H and O–H groups in total. The maximum atomic E-state index is 11.7. The molecule has 0 aliphatic carbocycles. The molecule has 4 nitrogen and oxygen atoms in total. The molecule has 5 heteroatoms. The predicted molar refractivity (Wildman–Crippen MR) is 69.1 cm³/mol. The van der Waals surface area contributed by atoms with Crippen molar-refractivity contribution < 1.29 is 14.4 Å². The first-order valence-electron chi connectivity index (χ1n) is 5.15. The Hall–Kier alpha value is -1.36. The summed E-state index contributed by atoms with van der Waals surface area (Å²) in [5, 5.41) is 3.73. The number of oxime groups is 1. The van der Waals surface area contributed by atoms with Gasteiger partial charge in [0.05, 0.1) is 6.61 Å². The molecule has 0 spiro atoms. The highest BCUT2D eigenvalue weighted by atomic mass is 79.9. The summed E-state index contributed by atoms with van der Waals surface area (Å²) in [4.78, 5) is 16.4. The van der Waals surface area contributed by atoms with E-state index in [9.17, 15) is 4.79 Å². The van der Waals surface area contributed by atoms with Crippen LogP contribution < -0.4 is 0 Å². The predicted octanol–water partition coefficient (Wildman–Crippen LogP) is 2.67. The first-order valence-corrected chi connectivity index (χ1v) is 5.94. The average molecular weight is 300 g/mol. The molecule has 1 aromatic rings. The van der Waals surface area contributed by atoms with E-state index in [0.29, 0.717) is 12.2 Å². The molecule has 1 rings (SSSR count). The van der Waals surface area contributed by atoms with Gasteiger partial charge in [0, 0.05) is 10.0 Å². The molecule has 0 heterocycles. The highest BCUT2D eigenvalue weighted by Gasteiger charge is 2.18. The van der Waals surface area contributed by atoms with Crippen LogP contribution in [0.4, 0.5) is 0 Å². The van der Waals surface area contributed by atoms with E-state index in [4.69, 9.17) is 4.74 Å². The first kappa shape index (κ1) is 13.7. The highest BCUT2D eigenvalue weighted by molar-refractivity contribution is 9.10. The number of benzene rings is 1. The van der Waals surface area contributed by atoms with Gasteiger partial charge in [-0.1, -0.05) is 27.2 Å². The second-order valence-corrected chi connectivity index (χ2v) is 4.22. The number of halogens is 1. The van der Waals surface area contributed by atoms with Gasteiger partial charge in [-0.3, -0.25) is 0 Å².